The van der Waals surface area contributed by atoms with E-state index in [1.54, 1.807) is 0 Å². The number of H-pyrrole nitrogens is 1. The quantitative estimate of drug-likeness (QED) is 0.705. The van der Waals surface area contributed by atoms with Crippen LogP contribution in [0.15, 0.2) is 11.1 Å². The summed E-state index contributed by atoms with van der Waals surface area (Å²) in [5.41, 5.74) is -0.149. The number of nitrogens with zero attached hydrogens (tertiary/aromatic N) is 1. The fourth-order valence-electron chi connectivity index (χ4n) is 1.07. The Bertz CT molecular complexity index is 367. The van der Waals surface area contributed by atoms with Gasteiger partial charge in [0.25, 0.3) is 5.56 Å². The molecular formula is C9H14IN3O2. The van der Waals surface area contributed by atoms with Crippen molar-refractivity contribution >= 4 is 28.4 Å². The molecule has 1 heterocycles. The molecule has 0 bridgehead atoms. The first-order chi connectivity index (χ1) is 7.15. The lowest BCUT2D eigenvalue weighted by molar-refractivity contribution is 0.164. The van der Waals surface area contributed by atoms with E-state index < -0.39 is 0 Å². The maximum atomic E-state index is 11.2. The standard InChI is InChI=1S/C9H14IN3O2/c1-2-6(14)3-4-11-8-7(10)9(15)13-5-12-8/h5-6,14H,2-4H2,1H3,(H2,11,12,13,15). The zero-order chi connectivity index (χ0) is 11.3. The van der Waals surface area contributed by atoms with Gasteiger partial charge in [-0.05, 0) is 35.4 Å². The summed E-state index contributed by atoms with van der Waals surface area (Å²) in [7, 11) is 0. The fraction of sp³-hybridized carbons (Fsp3) is 0.556. The number of aromatic amines is 1. The minimum atomic E-state index is -0.294. The predicted octanol–water partition coefficient (Wildman–Crippen LogP) is 0.947. The summed E-state index contributed by atoms with van der Waals surface area (Å²) in [5.74, 6) is 0.572. The van der Waals surface area contributed by atoms with Gasteiger partial charge in [-0.2, -0.15) is 0 Å². The Kier molecular flexibility index (Phi) is 5.03. The highest BCUT2D eigenvalue weighted by atomic mass is 127. The number of nitrogens with one attached hydrogen (secondary N) is 2. The molecule has 0 saturated heterocycles. The highest BCUT2D eigenvalue weighted by Gasteiger charge is 2.05. The molecule has 5 nitrogen and oxygen atoms in total. The third-order valence-electron chi connectivity index (χ3n) is 2.04. The second-order valence-corrected chi connectivity index (χ2v) is 4.25. The van der Waals surface area contributed by atoms with Crippen molar-refractivity contribution in [3.05, 3.63) is 20.3 Å². The van der Waals surface area contributed by atoms with E-state index in [-0.39, 0.29) is 11.7 Å². The average molecular weight is 323 g/mol. The van der Waals surface area contributed by atoms with E-state index in [4.69, 9.17) is 0 Å². The molecule has 1 aromatic heterocycles. The van der Waals surface area contributed by atoms with Crippen LogP contribution in [-0.2, 0) is 0 Å². The minimum Gasteiger partial charge on any atom is -0.393 e. The lowest BCUT2D eigenvalue weighted by Crippen LogP contribution is -2.17. The van der Waals surface area contributed by atoms with E-state index in [1.807, 2.05) is 29.5 Å². The molecule has 0 aliphatic heterocycles. The van der Waals surface area contributed by atoms with Crippen LogP contribution in [0.3, 0.4) is 0 Å². The van der Waals surface area contributed by atoms with Crippen LogP contribution in [0.2, 0.25) is 0 Å². The van der Waals surface area contributed by atoms with Gasteiger partial charge in [-0.3, -0.25) is 4.79 Å². The van der Waals surface area contributed by atoms with E-state index in [1.165, 1.54) is 6.33 Å². The van der Waals surface area contributed by atoms with Crippen molar-refractivity contribution in [2.45, 2.75) is 25.9 Å². The Morgan fingerprint density at radius 3 is 3.13 bits per heavy atom. The maximum Gasteiger partial charge on any atom is 0.266 e. The highest BCUT2D eigenvalue weighted by molar-refractivity contribution is 14.1. The van der Waals surface area contributed by atoms with Crippen LogP contribution in [0, 0.1) is 3.57 Å². The van der Waals surface area contributed by atoms with E-state index in [9.17, 15) is 9.90 Å². The van der Waals surface area contributed by atoms with Gasteiger partial charge in [0, 0.05) is 6.54 Å². The zero-order valence-corrected chi connectivity index (χ0v) is 10.6. The molecular weight excluding hydrogens is 309 g/mol. The largest absolute Gasteiger partial charge is 0.393 e. The molecule has 0 radical (unpaired) electrons. The lowest BCUT2D eigenvalue weighted by Gasteiger charge is -2.09. The maximum absolute atomic E-state index is 11.2. The molecule has 6 heteroatoms. The molecule has 0 amide bonds. The fourth-order valence-corrected chi connectivity index (χ4v) is 1.55. The van der Waals surface area contributed by atoms with E-state index in [2.05, 4.69) is 15.3 Å². The minimum absolute atomic E-state index is 0.149. The van der Waals surface area contributed by atoms with Crippen LogP contribution in [0.5, 0.6) is 0 Å². The number of hydrogen-bond donors (Lipinski definition) is 3. The van der Waals surface area contributed by atoms with Crippen molar-refractivity contribution in [1.82, 2.24) is 9.97 Å². The first kappa shape index (κ1) is 12.4. The summed E-state index contributed by atoms with van der Waals surface area (Å²) in [4.78, 5) is 17.7. The molecule has 0 aromatic carbocycles. The monoisotopic (exact) mass is 323 g/mol. The molecule has 84 valence electrons. The van der Waals surface area contributed by atoms with Crippen LogP contribution in [0.4, 0.5) is 5.82 Å². The molecule has 1 rings (SSSR count). The van der Waals surface area contributed by atoms with Gasteiger partial charge in [-0.1, -0.05) is 6.92 Å². The Labute approximate surface area is 101 Å². The van der Waals surface area contributed by atoms with Gasteiger partial charge in [-0.25, -0.2) is 4.98 Å². The SMILES string of the molecule is CCC(O)CCNc1nc[nH]c(=O)c1I. The van der Waals surface area contributed by atoms with Gasteiger partial charge >= 0.3 is 0 Å². The number of aromatic nitrogens is 2. The Morgan fingerprint density at radius 2 is 2.47 bits per heavy atom. The van der Waals surface area contributed by atoms with E-state index >= 15 is 0 Å². The Hall–Kier alpha value is -0.630. The predicted molar refractivity (Wildman–Crippen MR) is 67.0 cm³/mol. The summed E-state index contributed by atoms with van der Waals surface area (Å²) < 4.78 is 0.543. The van der Waals surface area contributed by atoms with Gasteiger partial charge in [0.1, 0.15) is 9.39 Å². The molecule has 0 aliphatic rings. The summed E-state index contributed by atoms with van der Waals surface area (Å²) in [5, 5.41) is 12.4. The summed E-state index contributed by atoms with van der Waals surface area (Å²) in [6.07, 6.45) is 2.46. The van der Waals surface area contributed by atoms with Crippen molar-refractivity contribution in [3.8, 4) is 0 Å². The number of aliphatic hydroxyl groups excluding tert-OH is 1. The van der Waals surface area contributed by atoms with Crippen LogP contribution < -0.4 is 10.9 Å². The van der Waals surface area contributed by atoms with E-state index in [0.29, 0.717) is 22.4 Å². The molecule has 0 aliphatic carbocycles. The summed E-state index contributed by atoms with van der Waals surface area (Å²) in [6, 6.07) is 0. The van der Waals surface area contributed by atoms with Crippen molar-refractivity contribution in [1.29, 1.82) is 0 Å². The topological polar surface area (TPSA) is 78.0 Å². The molecule has 0 saturated carbocycles. The first-order valence-corrected chi connectivity index (χ1v) is 5.88. The first-order valence-electron chi connectivity index (χ1n) is 4.80. The molecule has 15 heavy (non-hydrogen) atoms. The molecule has 3 N–H and O–H groups in total. The lowest BCUT2D eigenvalue weighted by atomic mass is 10.2. The van der Waals surface area contributed by atoms with Gasteiger partial charge in [-0.15, -0.1) is 0 Å². The summed E-state index contributed by atoms with van der Waals surface area (Å²) in [6.45, 7) is 2.54. The van der Waals surface area contributed by atoms with Crippen LogP contribution >= 0.6 is 22.6 Å². The average Bonchev–Trinajstić information content (AvgIpc) is 2.24. The molecule has 0 fully saturated rings. The normalized spacial score (nSPS) is 12.5. The molecule has 0 spiro atoms. The Balaban J connectivity index is 2.51. The Morgan fingerprint density at radius 1 is 1.73 bits per heavy atom. The number of rotatable bonds is 5. The molecule has 1 atom stereocenters. The van der Waals surface area contributed by atoms with Crippen molar-refractivity contribution in [2.75, 3.05) is 11.9 Å². The van der Waals surface area contributed by atoms with Crippen molar-refractivity contribution < 1.29 is 5.11 Å². The van der Waals surface area contributed by atoms with Crippen molar-refractivity contribution in [3.63, 3.8) is 0 Å². The highest BCUT2D eigenvalue weighted by Crippen LogP contribution is 2.08. The number of anilines is 1. The number of halogens is 1. The van der Waals surface area contributed by atoms with Gasteiger partial charge in [0.2, 0.25) is 0 Å². The van der Waals surface area contributed by atoms with E-state index in [0.717, 1.165) is 6.42 Å². The molecule has 1 aromatic rings. The smallest absolute Gasteiger partial charge is 0.266 e. The third kappa shape index (κ3) is 3.78. The second-order valence-electron chi connectivity index (χ2n) is 3.17. The van der Waals surface area contributed by atoms with Crippen LogP contribution in [0.25, 0.3) is 0 Å². The van der Waals surface area contributed by atoms with Gasteiger partial charge in [0.05, 0.1) is 12.4 Å². The van der Waals surface area contributed by atoms with Gasteiger partial charge in [0.15, 0.2) is 0 Å². The van der Waals surface area contributed by atoms with Crippen LogP contribution in [-0.4, -0.2) is 27.7 Å². The van der Waals surface area contributed by atoms with Crippen molar-refractivity contribution in [2.24, 2.45) is 0 Å². The third-order valence-corrected chi connectivity index (χ3v) is 3.04. The summed E-state index contributed by atoms with van der Waals surface area (Å²) >= 11 is 1.94. The zero-order valence-electron chi connectivity index (χ0n) is 8.46. The van der Waals surface area contributed by atoms with Crippen LogP contribution in [0.1, 0.15) is 19.8 Å². The second kappa shape index (κ2) is 6.06. The molecule has 1 unspecified atom stereocenters. The number of hydrogen-bond acceptors (Lipinski definition) is 4. The van der Waals surface area contributed by atoms with Gasteiger partial charge < -0.3 is 15.4 Å². The number of aliphatic hydroxyl groups is 1.